The van der Waals surface area contributed by atoms with E-state index in [4.69, 9.17) is 0 Å². The zero-order valence-electron chi connectivity index (χ0n) is 13.0. The Morgan fingerprint density at radius 3 is 2.39 bits per heavy atom. The van der Waals surface area contributed by atoms with Gasteiger partial charge in [-0.3, -0.25) is 15.0 Å². The average molecular weight is 312 g/mol. The zero-order valence-corrected chi connectivity index (χ0v) is 13.0. The molecule has 0 atom stereocenters. The van der Waals surface area contributed by atoms with Crippen LogP contribution < -0.4 is 4.90 Å². The number of piperazine rings is 1. The second kappa shape index (κ2) is 7.19. The first kappa shape index (κ1) is 15.4. The Balaban J connectivity index is 1.49. The molecule has 120 valence electrons. The summed E-state index contributed by atoms with van der Waals surface area (Å²) in [5.41, 5.74) is 1.40. The molecule has 1 saturated heterocycles. The van der Waals surface area contributed by atoms with Gasteiger partial charge in [-0.05, 0) is 18.1 Å². The Hall–Kier alpha value is -2.47. The SMILES string of the molecule is O=[N+]([O-])c1ccc(N2CCN(CCc3ccccc3)CC2)nc1. The maximum atomic E-state index is 10.7. The molecule has 1 fully saturated rings. The molecule has 0 aliphatic carbocycles. The molecule has 0 radical (unpaired) electrons. The van der Waals surface area contributed by atoms with Gasteiger partial charge in [0.05, 0.1) is 4.92 Å². The zero-order chi connectivity index (χ0) is 16.1. The lowest BCUT2D eigenvalue weighted by atomic mass is 10.1. The Labute approximate surface area is 135 Å². The Bertz CT molecular complexity index is 637. The minimum atomic E-state index is -0.418. The highest BCUT2D eigenvalue weighted by molar-refractivity contribution is 5.43. The van der Waals surface area contributed by atoms with Gasteiger partial charge in [-0.2, -0.15) is 0 Å². The quantitative estimate of drug-likeness (QED) is 0.626. The lowest BCUT2D eigenvalue weighted by Crippen LogP contribution is -2.47. The van der Waals surface area contributed by atoms with Crippen molar-refractivity contribution < 1.29 is 4.92 Å². The molecule has 23 heavy (non-hydrogen) atoms. The molecule has 0 N–H and O–H groups in total. The van der Waals surface area contributed by atoms with Gasteiger partial charge >= 0.3 is 0 Å². The third kappa shape index (κ3) is 4.04. The molecule has 0 bridgehead atoms. The number of pyridine rings is 1. The number of anilines is 1. The lowest BCUT2D eigenvalue weighted by molar-refractivity contribution is -0.385. The predicted molar refractivity (Wildman–Crippen MR) is 89.7 cm³/mol. The van der Waals surface area contributed by atoms with Crippen molar-refractivity contribution in [1.82, 2.24) is 9.88 Å². The fourth-order valence-electron chi connectivity index (χ4n) is 2.81. The number of nitro groups is 1. The highest BCUT2D eigenvalue weighted by Gasteiger charge is 2.18. The smallest absolute Gasteiger partial charge is 0.287 e. The molecule has 1 aromatic carbocycles. The Morgan fingerprint density at radius 2 is 1.78 bits per heavy atom. The van der Waals surface area contributed by atoms with E-state index >= 15 is 0 Å². The fraction of sp³-hybridized carbons (Fsp3) is 0.353. The van der Waals surface area contributed by atoms with Crippen LogP contribution in [0.5, 0.6) is 0 Å². The molecule has 0 unspecified atom stereocenters. The molecule has 6 nitrogen and oxygen atoms in total. The third-order valence-corrected chi connectivity index (χ3v) is 4.20. The van der Waals surface area contributed by atoms with E-state index in [0.717, 1.165) is 45.0 Å². The molecule has 2 aromatic rings. The van der Waals surface area contributed by atoms with Gasteiger partial charge in [0.25, 0.3) is 5.69 Å². The van der Waals surface area contributed by atoms with Gasteiger partial charge in [0, 0.05) is 38.8 Å². The summed E-state index contributed by atoms with van der Waals surface area (Å²) in [4.78, 5) is 19.1. The largest absolute Gasteiger partial charge is 0.354 e. The van der Waals surface area contributed by atoms with Crippen molar-refractivity contribution in [1.29, 1.82) is 0 Å². The Morgan fingerprint density at radius 1 is 1.04 bits per heavy atom. The third-order valence-electron chi connectivity index (χ3n) is 4.20. The highest BCUT2D eigenvalue weighted by atomic mass is 16.6. The first-order chi connectivity index (χ1) is 11.2. The molecule has 0 amide bonds. The van der Waals surface area contributed by atoms with Crippen molar-refractivity contribution in [3.63, 3.8) is 0 Å². The predicted octanol–water partition coefficient (Wildman–Crippen LogP) is 2.35. The van der Waals surface area contributed by atoms with Crippen LogP contribution in [0.4, 0.5) is 11.5 Å². The highest BCUT2D eigenvalue weighted by Crippen LogP contribution is 2.17. The van der Waals surface area contributed by atoms with E-state index in [0.29, 0.717) is 0 Å². The lowest BCUT2D eigenvalue weighted by Gasteiger charge is -2.35. The van der Waals surface area contributed by atoms with Crippen LogP contribution in [0, 0.1) is 10.1 Å². The van der Waals surface area contributed by atoms with Gasteiger partial charge in [-0.15, -0.1) is 0 Å². The van der Waals surface area contributed by atoms with Crippen LogP contribution in [0.3, 0.4) is 0 Å². The van der Waals surface area contributed by atoms with Crippen LogP contribution >= 0.6 is 0 Å². The molecule has 1 aliphatic heterocycles. The fourth-order valence-corrected chi connectivity index (χ4v) is 2.81. The van der Waals surface area contributed by atoms with Gasteiger partial charge in [-0.1, -0.05) is 30.3 Å². The molecular formula is C17H20N4O2. The van der Waals surface area contributed by atoms with Crippen LogP contribution in [-0.4, -0.2) is 47.5 Å². The summed E-state index contributed by atoms with van der Waals surface area (Å²) in [6, 6.07) is 13.8. The van der Waals surface area contributed by atoms with Gasteiger partial charge in [0.1, 0.15) is 12.0 Å². The number of hydrogen-bond donors (Lipinski definition) is 0. The number of rotatable bonds is 5. The van der Waals surface area contributed by atoms with E-state index < -0.39 is 4.92 Å². The van der Waals surface area contributed by atoms with Crippen molar-refractivity contribution in [3.8, 4) is 0 Å². The van der Waals surface area contributed by atoms with Crippen molar-refractivity contribution in [2.24, 2.45) is 0 Å². The van der Waals surface area contributed by atoms with Crippen LogP contribution in [0.25, 0.3) is 0 Å². The Kier molecular flexibility index (Phi) is 4.83. The first-order valence-corrected chi connectivity index (χ1v) is 7.84. The first-order valence-electron chi connectivity index (χ1n) is 7.84. The van der Waals surface area contributed by atoms with E-state index in [2.05, 4.69) is 39.0 Å². The molecule has 6 heteroatoms. The van der Waals surface area contributed by atoms with Gasteiger partial charge in [0.15, 0.2) is 0 Å². The summed E-state index contributed by atoms with van der Waals surface area (Å²) >= 11 is 0. The summed E-state index contributed by atoms with van der Waals surface area (Å²) < 4.78 is 0. The van der Waals surface area contributed by atoms with Crippen molar-refractivity contribution >= 4 is 11.5 Å². The van der Waals surface area contributed by atoms with Crippen LogP contribution in [0.1, 0.15) is 5.56 Å². The number of benzene rings is 1. The summed E-state index contributed by atoms with van der Waals surface area (Å²) in [6.45, 7) is 4.85. The molecule has 1 aliphatic rings. The van der Waals surface area contributed by atoms with E-state index in [1.165, 1.54) is 17.8 Å². The van der Waals surface area contributed by atoms with E-state index in [9.17, 15) is 10.1 Å². The van der Waals surface area contributed by atoms with Crippen molar-refractivity contribution in [3.05, 3.63) is 64.3 Å². The van der Waals surface area contributed by atoms with Crippen molar-refractivity contribution in [2.75, 3.05) is 37.6 Å². The normalized spacial score (nSPS) is 15.6. The minimum Gasteiger partial charge on any atom is -0.354 e. The molecule has 0 saturated carbocycles. The summed E-state index contributed by atoms with van der Waals surface area (Å²) in [5, 5.41) is 10.7. The maximum Gasteiger partial charge on any atom is 0.287 e. The second-order valence-electron chi connectivity index (χ2n) is 5.70. The molecule has 0 spiro atoms. The topological polar surface area (TPSA) is 62.5 Å². The maximum absolute atomic E-state index is 10.7. The van der Waals surface area contributed by atoms with Gasteiger partial charge in [-0.25, -0.2) is 4.98 Å². The summed E-state index contributed by atoms with van der Waals surface area (Å²) in [7, 11) is 0. The van der Waals surface area contributed by atoms with Gasteiger partial charge in [0.2, 0.25) is 0 Å². The number of aromatic nitrogens is 1. The monoisotopic (exact) mass is 312 g/mol. The summed E-state index contributed by atoms with van der Waals surface area (Å²) in [5.74, 6) is 0.818. The minimum absolute atomic E-state index is 0.0373. The molecule has 2 heterocycles. The van der Waals surface area contributed by atoms with Crippen LogP contribution in [-0.2, 0) is 6.42 Å². The van der Waals surface area contributed by atoms with Gasteiger partial charge < -0.3 is 4.90 Å². The standard InChI is InChI=1S/C17H20N4O2/c22-21(23)16-6-7-17(18-14-16)20-12-10-19(11-13-20)9-8-15-4-2-1-3-5-15/h1-7,14H,8-13H2. The molecule has 3 rings (SSSR count). The van der Waals surface area contributed by atoms with Crippen LogP contribution in [0.2, 0.25) is 0 Å². The molecule has 1 aromatic heterocycles. The number of hydrogen-bond acceptors (Lipinski definition) is 5. The van der Waals surface area contributed by atoms with E-state index in [1.54, 1.807) is 6.07 Å². The van der Waals surface area contributed by atoms with E-state index in [1.807, 2.05) is 6.07 Å². The number of nitrogens with zero attached hydrogens (tertiary/aromatic N) is 4. The second-order valence-corrected chi connectivity index (χ2v) is 5.70. The molecular weight excluding hydrogens is 292 g/mol. The van der Waals surface area contributed by atoms with Crippen LogP contribution in [0.15, 0.2) is 48.7 Å². The average Bonchev–Trinajstić information content (AvgIpc) is 2.61. The van der Waals surface area contributed by atoms with E-state index in [-0.39, 0.29) is 5.69 Å². The summed E-state index contributed by atoms with van der Waals surface area (Å²) in [6.07, 6.45) is 2.40. The van der Waals surface area contributed by atoms with Crippen molar-refractivity contribution in [2.45, 2.75) is 6.42 Å².